The molecular formula is C15H11FN4. The first-order chi connectivity index (χ1) is 9.72. The van der Waals surface area contributed by atoms with E-state index in [0.717, 1.165) is 5.56 Å². The molecule has 2 aromatic heterocycles. The molecule has 2 heterocycles. The first-order valence-corrected chi connectivity index (χ1v) is 6.04. The number of benzene rings is 1. The Hall–Kier alpha value is -2.82. The average Bonchev–Trinajstić information content (AvgIpc) is 2.48. The van der Waals surface area contributed by atoms with Crippen LogP contribution in [0.25, 0.3) is 22.6 Å². The van der Waals surface area contributed by atoms with Crippen molar-refractivity contribution in [2.24, 2.45) is 0 Å². The summed E-state index contributed by atoms with van der Waals surface area (Å²) in [6.07, 6.45) is 1.69. The van der Waals surface area contributed by atoms with Gasteiger partial charge in [-0.1, -0.05) is 6.07 Å². The monoisotopic (exact) mass is 266 g/mol. The van der Waals surface area contributed by atoms with Gasteiger partial charge in [-0.25, -0.2) is 14.4 Å². The minimum absolute atomic E-state index is 0.160. The standard InChI is InChI=1S/C15H11FN4/c16-11-6-4-10(5-7-11)13-9-14(20-15(17)19-13)12-3-1-2-8-18-12/h1-9H,(H2,17,19,20). The zero-order chi connectivity index (χ0) is 13.9. The second-order valence-electron chi connectivity index (χ2n) is 4.22. The molecule has 3 rings (SSSR count). The number of anilines is 1. The molecule has 4 nitrogen and oxygen atoms in total. The molecule has 2 N–H and O–H groups in total. The molecule has 0 radical (unpaired) electrons. The second-order valence-corrected chi connectivity index (χ2v) is 4.22. The first kappa shape index (κ1) is 12.2. The molecule has 20 heavy (non-hydrogen) atoms. The van der Waals surface area contributed by atoms with Gasteiger partial charge in [0.1, 0.15) is 5.82 Å². The van der Waals surface area contributed by atoms with Gasteiger partial charge < -0.3 is 5.73 Å². The van der Waals surface area contributed by atoms with Crippen molar-refractivity contribution in [1.82, 2.24) is 15.0 Å². The van der Waals surface area contributed by atoms with Crippen LogP contribution in [0.5, 0.6) is 0 Å². The summed E-state index contributed by atoms with van der Waals surface area (Å²) in [6.45, 7) is 0. The van der Waals surface area contributed by atoms with Crippen molar-refractivity contribution in [3.8, 4) is 22.6 Å². The van der Waals surface area contributed by atoms with Gasteiger partial charge in [0.2, 0.25) is 5.95 Å². The van der Waals surface area contributed by atoms with Gasteiger partial charge in [-0.15, -0.1) is 0 Å². The number of aromatic nitrogens is 3. The Balaban J connectivity index is 2.09. The fraction of sp³-hybridized carbons (Fsp3) is 0. The molecule has 3 aromatic rings. The van der Waals surface area contributed by atoms with Crippen LogP contribution in [-0.2, 0) is 0 Å². The summed E-state index contributed by atoms with van der Waals surface area (Å²) < 4.78 is 13.0. The third-order valence-corrected chi connectivity index (χ3v) is 2.81. The van der Waals surface area contributed by atoms with Crippen LogP contribution >= 0.6 is 0 Å². The molecule has 0 spiro atoms. The van der Waals surface area contributed by atoms with Crippen molar-refractivity contribution in [3.05, 3.63) is 60.5 Å². The van der Waals surface area contributed by atoms with E-state index in [9.17, 15) is 4.39 Å². The van der Waals surface area contributed by atoms with Crippen molar-refractivity contribution in [1.29, 1.82) is 0 Å². The Morgan fingerprint density at radius 3 is 2.30 bits per heavy atom. The molecule has 0 aliphatic rings. The molecule has 0 amide bonds. The maximum absolute atomic E-state index is 13.0. The zero-order valence-corrected chi connectivity index (χ0v) is 10.5. The minimum atomic E-state index is -0.291. The highest BCUT2D eigenvalue weighted by molar-refractivity contribution is 5.67. The maximum Gasteiger partial charge on any atom is 0.221 e. The van der Waals surface area contributed by atoms with Gasteiger partial charge in [0, 0.05) is 11.8 Å². The summed E-state index contributed by atoms with van der Waals surface area (Å²) in [5.41, 5.74) is 8.50. The van der Waals surface area contributed by atoms with Crippen LogP contribution in [0.15, 0.2) is 54.7 Å². The van der Waals surface area contributed by atoms with Gasteiger partial charge in [0.05, 0.1) is 17.1 Å². The van der Waals surface area contributed by atoms with E-state index in [1.165, 1.54) is 12.1 Å². The molecule has 0 saturated heterocycles. The quantitative estimate of drug-likeness (QED) is 0.774. The number of nitrogen functional groups attached to an aromatic ring is 1. The Morgan fingerprint density at radius 2 is 1.60 bits per heavy atom. The third kappa shape index (κ3) is 2.47. The van der Waals surface area contributed by atoms with E-state index in [0.29, 0.717) is 17.1 Å². The average molecular weight is 266 g/mol. The van der Waals surface area contributed by atoms with Crippen molar-refractivity contribution in [3.63, 3.8) is 0 Å². The molecule has 0 unspecified atom stereocenters. The molecule has 0 bridgehead atoms. The van der Waals surface area contributed by atoms with E-state index in [2.05, 4.69) is 15.0 Å². The largest absolute Gasteiger partial charge is 0.368 e. The highest BCUT2D eigenvalue weighted by Gasteiger charge is 2.07. The molecule has 98 valence electrons. The van der Waals surface area contributed by atoms with Crippen molar-refractivity contribution in [2.45, 2.75) is 0 Å². The van der Waals surface area contributed by atoms with E-state index < -0.39 is 0 Å². The smallest absolute Gasteiger partial charge is 0.221 e. The Kier molecular flexibility index (Phi) is 3.09. The van der Waals surface area contributed by atoms with E-state index >= 15 is 0 Å². The fourth-order valence-corrected chi connectivity index (χ4v) is 1.88. The van der Waals surface area contributed by atoms with Gasteiger partial charge >= 0.3 is 0 Å². The van der Waals surface area contributed by atoms with Gasteiger partial charge in [0.25, 0.3) is 0 Å². The predicted molar refractivity (Wildman–Crippen MR) is 75.1 cm³/mol. The number of hydrogen-bond donors (Lipinski definition) is 1. The predicted octanol–water partition coefficient (Wildman–Crippen LogP) is 2.93. The van der Waals surface area contributed by atoms with Crippen molar-refractivity contribution < 1.29 is 4.39 Å². The van der Waals surface area contributed by atoms with Crippen LogP contribution in [0.1, 0.15) is 0 Å². The van der Waals surface area contributed by atoms with E-state index in [1.807, 2.05) is 18.2 Å². The van der Waals surface area contributed by atoms with Crippen LogP contribution in [-0.4, -0.2) is 15.0 Å². The maximum atomic E-state index is 13.0. The third-order valence-electron chi connectivity index (χ3n) is 2.81. The lowest BCUT2D eigenvalue weighted by atomic mass is 10.1. The van der Waals surface area contributed by atoms with Gasteiger partial charge in [-0.05, 0) is 42.5 Å². The molecule has 0 fully saturated rings. The summed E-state index contributed by atoms with van der Waals surface area (Å²) in [4.78, 5) is 12.6. The van der Waals surface area contributed by atoms with Gasteiger partial charge in [0.15, 0.2) is 0 Å². The number of nitrogens with zero attached hydrogens (tertiary/aromatic N) is 3. The first-order valence-electron chi connectivity index (χ1n) is 6.04. The zero-order valence-electron chi connectivity index (χ0n) is 10.5. The number of rotatable bonds is 2. The topological polar surface area (TPSA) is 64.7 Å². The van der Waals surface area contributed by atoms with Crippen LogP contribution in [0, 0.1) is 5.82 Å². The van der Waals surface area contributed by atoms with Crippen LogP contribution in [0.3, 0.4) is 0 Å². The van der Waals surface area contributed by atoms with Crippen molar-refractivity contribution >= 4 is 5.95 Å². The highest BCUT2D eigenvalue weighted by atomic mass is 19.1. The van der Waals surface area contributed by atoms with Gasteiger partial charge in [-0.3, -0.25) is 4.98 Å². The number of halogens is 1. The summed E-state index contributed by atoms with van der Waals surface area (Å²) in [7, 11) is 0. The molecule has 0 saturated carbocycles. The Bertz CT molecular complexity index is 727. The van der Waals surface area contributed by atoms with E-state index in [4.69, 9.17) is 5.73 Å². The van der Waals surface area contributed by atoms with Crippen molar-refractivity contribution in [2.75, 3.05) is 5.73 Å². The molecule has 0 aliphatic carbocycles. The molecule has 5 heteroatoms. The number of pyridine rings is 1. The molecule has 0 atom stereocenters. The molecule has 0 aliphatic heterocycles. The lowest BCUT2D eigenvalue weighted by molar-refractivity contribution is 0.628. The SMILES string of the molecule is Nc1nc(-c2ccc(F)cc2)cc(-c2ccccn2)n1. The summed E-state index contributed by atoms with van der Waals surface area (Å²) in [5, 5.41) is 0. The van der Waals surface area contributed by atoms with Crippen LogP contribution < -0.4 is 5.73 Å². The van der Waals surface area contributed by atoms with Crippen LogP contribution in [0.4, 0.5) is 10.3 Å². The highest BCUT2D eigenvalue weighted by Crippen LogP contribution is 2.23. The van der Waals surface area contributed by atoms with E-state index in [-0.39, 0.29) is 11.8 Å². The van der Waals surface area contributed by atoms with E-state index in [1.54, 1.807) is 24.4 Å². The number of hydrogen-bond acceptors (Lipinski definition) is 4. The molecule has 1 aromatic carbocycles. The lowest BCUT2D eigenvalue weighted by Crippen LogP contribution is -1.99. The second kappa shape index (κ2) is 5.05. The summed E-state index contributed by atoms with van der Waals surface area (Å²) in [6, 6.07) is 13.4. The summed E-state index contributed by atoms with van der Waals surface area (Å²) in [5.74, 6) is -0.131. The fourth-order valence-electron chi connectivity index (χ4n) is 1.88. The Labute approximate surface area is 115 Å². The normalized spacial score (nSPS) is 10.4. The minimum Gasteiger partial charge on any atom is -0.368 e. The Morgan fingerprint density at radius 1 is 0.850 bits per heavy atom. The summed E-state index contributed by atoms with van der Waals surface area (Å²) >= 11 is 0. The van der Waals surface area contributed by atoms with Gasteiger partial charge in [-0.2, -0.15) is 0 Å². The lowest BCUT2D eigenvalue weighted by Gasteiger charge is -2.05. The molecular weight excluding hydrogens is 255 g/mol. The number of nitrogens with two attached hydrogens (primary N) is 1. The van der Waals surface area contributed by atoms with Crippen LogP contribution in [0.2, 0.25) is 0 Å².